The van der Waals surface area contributed by atoms with Crippen LogP contribution >= 0.6 is 0 Å². The molecule has 0 aromatic carbocycles. The highest BCUT2D eigenvalue weighted by Crippen LogP contribution is 2.44. The van der Waals surface area contributed by atoms with Gasteiger partial charge in [-0.1, -0.05) is 0 Å². The summed E-state index contributed by atoms with van der Waals surface area (Å²) in [6.07, 6.45) is 3.44. The molecular weight excluding hydrogens is 222 g/mol. The number of amides is 1. The Hall–Kier alpha value is -1.10. The number of hydrogen-bond acceptors (Lipinski definition) is 3. The van der Waals surface area contributed by atoms with Gasteiger partial charge in [-0.25, -0.2) is 0 Å². The van der Waals surface area contributed by atoms with Gasteiger partial charge in [-0.2, -0.15) is 0 Å². The van der Waals surface area contributed by atoms with Gasteiger partial charge in [-0.05, 0) is 32.1 Å². The van der Waals surface area contributed by atoms with Gasteiger partial charge in [0.05, 0.1) is 17.9 Å². The van der Waals surface area contributed by atoms with Crippen LogP contribution in [0.5, 0.6) is 0 Å². The third kappa shape index (κ3) is 1.73. The largest absolute Gasteiger partial charge is 0.481 e. The molecule has 94 valence electrons. The maximum absolute atomic E-state index is 12.2. The van der Waals surface area contributed by atoms with E-state index in [-0.39, 0.29) is 30.0 Å². The van der Waals surface area contributed by atoms with Crippen molar-refractivity contribution < 1.29 is 19.8 Å². The van der Waals surface area contributed by atoms with E-state index in [0.29, 0.717) is 19.3 Å². The molecule has 0 aromatic heterocycles. The van der Waals surface area contributed by atoms with Crippen LogP contribution in [0.1, 0.15) is 32.1 Å². The fraction of sp³-hybridized carbons (Fsp3) is 0.833. The van der Waals surface area contributed by atoms with Gasteiger partial charge in [0.1, 0.15) is 0 Å². The molecule has 3 fully saturated rings. The molecule has 2 heterocycles. The van der Waals surface area contributed by atoms with E-state index >= 15 is 0 Å². The number of carbonyl (C=O) groups excluding carboxylic acids is 1. The molecule has 2 bridgehead atoms. The van der Waals surface area contributed by atoms with Crippen LogP contribution in [0.2, 0.25) is 0 Å². The Labute approximate surface area is 99.4 Å². The van der Waals surface area contributed by atoms with Crippen molar-refractivity contribution in [3.05, 3.63) is 0 Å². The minimum Gasteiger partial charge on any atom is -0.481 e. The number of fused-ring (bicyclic) bond motifs is 2. The predicted octanol–water partition coefficient (Wildman–Crippen LogP) is 0.221. The van der Waals surface area contributed by atoms with Crippen LogP contribution in [0.25, 0.3) is 0 Å². The Kier molecular flexibility index (Phi) is 2.40. The minimum absolute atomic E-state index is 0.0109. The van der Waals surface area contributed by atoms with Crippen molar-refractivity contribution in [3.63, 3.8) is 0 Å². The quantitative estimate of drug-likeness (QED) is 0.722. The first kappa shape index (κ1) is 11.0. The molecule has 2 saturated heterocycles. The van der Waals surface area contributed by atoms with Crippen LogP contribution in [0.4, 0.5) is 0 Å². The van der Waals surface area contributed by atoms with Crippen molar-refractivity contribution in [2.75, 3.05) is 0 Å². The summed E-state index contributed by atoms with van der Waals surface area (Å²) in [5.74, 6) is -1.61. The lowest BCUT2D eigenvalue weighted by Crippen LogP contribution is -2.48. The van der Waals surface area contributed by atoms with E-state index in [2.05, 4.69) is 0 Å². The van der Waals surface area contributed by atoms with E-state index in [4.69, 9.17) is 5.11 Å². The first-order valence-corrected chi connectivity index (χ1v) is 6.31. The van der Waals surface area contributed by atoms with E-state index in [1.54, 1.807) is 0 Å². The van der Waals surface area contributed by atoms with Crippen LogP contribution in [-0.4, -0.2) is 45.2 Å². The second kappa shape index (κ2) is 3.70. The summed E-state index contributed by atoms with van der Waals surface area (Å²) < 4.78 is 0. The Bertz CT molecular complexity index is 356. The molecule has 3 aliphatic rings. The van der Waals surface area contributed by atoms with Crippen molar-refractivity contribution in [2.45, 2.75) is 50.3 Å². The van der Waals surface area contributed by atoms with E-state index in [1.165, 1.54) is 0 Å². The summed E-state index contributed by atoms with van der Waals surface area (Å²) in [5.41, 5.74) is 0. The second-order valence-electron chi connectivity index (χ2n) is 5.54. The first-order chi connectivity index (χ1) is 8.08. The summed E-state index contributed by atoms with van der Waals surface area (Å²) in [5, 5.41) is 18.5. The van der Waals surface area contributed by atoms with Crippen LogP contribution in [0.3, 0.4) is 0 Å². The summed E-state index contributed by atoms with van der Waals surface area (Å²) in [4.78, 5) is 24.9. The third-order valence-electron chi connectivity index (χ3n) is 4.39. The van der Waals surface area contributed by atoms with E-state index < -0.39 is 11.9 Å². The highest BCUT2D eigenvalue weighted by molar-refractivity contribution is 5.90. The molecule has 4 atom stereocenters. The lowest BCUT2D eigenvalue weighted by molar-refractivity contribution is -0.144. The second-order valence-corrected chi connectivity index (χ2v) is 5.54. The number of piperidine rings is 1. The maximum atomic E-state index is 12.2. The molecule has 17 heavy (non-hydrogen) atoms. The van der Waals surface area contributed by atoms with Gasteiger partial charge in [0.25, 0.3) is 0 Å². The summed E-state index contributed by atoms with van der Waals surface area (Å²) in [6, 6.07) is 0.289. The molecule has 2 aliphatic heterocycles. The smallest absolute Gasteiger partial charge is 0.307 e. The van der Waals surface area contributed by atoms with E-state index in [1.807, 2.05) is 4.90 Å². The normalized spacial score (nSPS) is 43.6. The fourth-order valence-corrected chi connectivity index (χ4v) is 3.44. The number of aliphatic carboxylic acids is 1. The van der Waals surface area contributed by atoms with Crippen molar-refractivity contribution >= 4 is 11.9 Å². The van der Waals surface area contributed by atoms with Crippen molar-refractivity contribution in [1.29, 1.82) is 0 Å². The number of aliphatic hydroxyl groups is 1. The SMILES string of the molecule is O=C(O)C1CC1C(=O)N1C2CCC1CC(O)C2. The highest BCUT2D eigenvalue weighted by Gasteiger charge is 2.53. The van der Waals surface area contributed by atoms with Gasteiger partial charge in [0.15, 0.2) is 0 Å². The topological polar surface area (TPSA) is 77.8 Å². The van der Waals surface area contributed by atoms with Crippen LogP contribution in [0.15, 0.2) is 0 Å². The van der Waals surface area contributed by atoms with Crippen LogP contribution in [0, 0.1) is 11.8 Å². The molecule has 3 rings (SSSR count). The molecular formula is C12H17NO4. The molecule has 0 aromatic rings. The number of hydrogen-bond donors (Lipinski definition) is 2. The Balaban J connectivity index is 1.70. The molecule has 0 radical (unpaired) electrons. The van der Waals surface area contributed by atoms with Crippen molar-refractivity contribution in [3.8, 4) is 0 Å². The molecule has 1 saturated carbocycles. The standard InChI is InChI=1S/C12H17NO4/c14-8-3-6-1-2-7(4-8)13(6)11(15)9-5-10(9)12(16)17/h6-10,14H,1-5H2,(H,16,17). The fourth-order valence-electron chi connectivity index (χ4n) is 3.44. The molecule has 2 N–H and O–H groups in total. The predicted molar refractivity (Wildman–Crippen MR) is 58.1 cm³/mol. The number of aliphatic hydroxyl groups excluding tert-OH is 1. The third-order valence-corrected chi connectivity index (χ3v) is 4.39. The highest BCUT2D eigenvalue weighted by atomic mass is 16.4. The molecule has 5 heteroatoms. The molecule has 1 amide bonds. The molecule has 5 nitrogen and oxygen atoms in total. The van der Waals surface area contributed by atoms with Crippen LogP contribution < -0.4 is 0 Å². The van der Waals surface area contributed by atoms with Gasteiger partial charge in [-0.15, -0.1) is 0 Å². The number of carbonyl (C=O) groups is 2. The summed E-state index contributed by atoms with van der Waals surface area (Å²) in [7, 11) is 0. The number of rotatable bonds is 2. The van der Waals surface area contributed by atoms with Crippen molar-refractivity contribution in [2.24, 2.45) is 11.8 Å². The Morgan fingerprint density at radius 3 is 2.06 bits per heavy atom. The van der Waals surface area contributed by atoms with Gasteiger partial charge >= 0.3 is 5.97 Å². The summed E-state index contributed by atoms with van der Waals surface area (Å²) in [6.45, 7) is 0. The van der Waals surface area contributed by atoms with Gasteiger partial charge in [-0.3, -0.25) is 9.59 Å². The monoisotopic (exact) mass is 239 g/mol. The van der Waals surface area contributed by atoms with Crippen LogP contribution in [-0.2, 0) is 9.59 Å². The summed E-state index contributed by atoms with van der Waals surface area (Å²) >= 11 is 0. The average molecular weight is 239 g/mol. The minimum atomic E-state index is -0.854. The zero-order chi connectivity index (χ0) is 12.2. The lowest BCUT2D eigenvalue weighted by Gasteiger charge is -2.37. The molecule has 4 unspecified atom stereocenters. The molecule has 1 aliphatic carbocycles. The van der Waals surface area contributed by atoms with Crippen molar-refractivity contribution in [1.82, 2.24) is 4.90 Å². The lowest BCUT2D eigenvalue weighted by atomic mass is 9.99. The van der Waals surface area contributed by atoms with Gasteiger partial charge in [0.2, 0.25) is 5.91 Å². The Morgan fingerprint density at radius 2 is 1.59 bits per heavy atom. The van der Waals surface area contributed by atoms with E-state index in [9.17, 15) is 14.7 Å². The first-order valence-electron chi connectivity index (χ1n) is 6.31. The maximum Gasteiger partial charge on any atom is 0.307 e. The Morgan fingerprint density at radius 1 is 1.00 bits per heavy atom. The number of carboxylic acids is 1. The van der Waals surface area contributed by atoms with E-state index in [0.717, 1.165) is 12.8 Å². The van der Waals surface area contributed by atoms with Gasteiger partial charge in [0, 0.05) is 12.1 Å². The number of carboxylic acid groups (broad SMARTS) is 1. The zero-order valence-corrected chi connectivity index (χ0v) is 9.58. The number of nitrogens with zero attached hydrogens (tertiary/aromatic N) is 1. The van der Waals surface area contributed by atoms with Gasteiger partial charge < -0.3 is 15.1 Å². The average Bonchev–Trinajstić information content (AvgIpc) is 3.00. The zero-order valence-electron chi connectivity index (χ0n) is 9.58. The molecule has 0 spiro atoms.